The van der Waals surface area contributed by atoms with Crippen molar-refractivity contribution in [2.75, 3.05) is 7.11 Å². The Morgan fingerprint density at radius 1 is 0.704 bits per heavy atom. The zero-order valence-electron chi connectivity index (χ0n) is 15.1. The summed E-state index contributed by atoms with van der Waals surface area (Å²) in [6, 6.07) is 25.3. The highest BCUT2D eigenvalue weighted by molar-refractivity contribution is 5.89. The van der Waals surface area contributed by atoms with Gasteiger partial charge in [-0.2, -0.15) is 0 Å². The molecule has 0 saturated heterocycles. The zero-order valence-corrected chi connectivity index (χ0v) is 15.1. The van der Waals surface area contributed by atoms with Crippen molar-refractivity contribution >= 4 is 21.8 Å². The van der Waals surface area contributed by atoms with Gasteiger partial charge in [0.05, 0.1) is 7.11 Å². The number of hydrogen-bond donors (Lipinski definition) is 2. The van der Waals surface area contributed by atoms with E-state index < -0.39 is 0 Å². The molecule has 5 aromatic rings. The first kappa shape index (κ1) is 15.8. The number of aromatic nitrogens is 2. The first-order valence-corrected chi connectivity index (χ1v) is 9.11. The van der Waals surface area contributed by atoms with Gasteiger partial charge in [0.2, 0.25) is 0 Å². The van der Waals surface area contributed by atoms with Gasteiger partial charge in [-0.15, -0.1) is 0 Å². The van der Waals surface area contributed by atoms with E-state index in [1.54, 1.807) is 7.11 Å². The molecule has 0 spiro atoms. The molecule has 2 heterocycles. The van der Waals surface area contributed by atoms with Crippen LogP contribution < -0.4 is 4.74 Å². The number of para-hydroxylation sites is 1. The molecule has 2 aromatic heterocycles. The van der Waals surface area contributed by atoms with Crippen LogP contribution in [0.2, 0.25) is 0 Å². The molecular formula is C24H20N2O. The lowest BCUT2D eigenvalue weighted by Crippen LogP contribution is -2.02. The van der Waals surface area contributed by atoms with Gasteiger partial charge in [0.1, 0.15) is 5.75 Å². The fourth-order valence-corrected chi connectivity index (χ4v) is 3.99. The number of nitrogens with one attached hydrogen (secondary N) is 2. The van der Waals surface area contributed by atoms with Gasteiger partial charge in [-0.25, -0.2) is 0 Å². The van der Waals surface area contributed by atoms with Gasteiger partial charge in [-0.1, -0.05) is 48.5 Å². The van der Waals surface area contributed by atoms with E-state index >= 15 is 0 Å². The Hall–Kier alpha value is -3.46. The standard InChI is InChI=1S/C24H20N2O/c1-27-17-11-12-23-19(13-17)21(15-26-23)24(16-7-3-2-4-8-16)20-14-25-22-10-6-5-9-18(20)22/h2-15,24-26H,1H3. The second-order valence-electron chi connectivity index (χ2n) is 6.79. The van der Waals surface area contributed by atoms with Crippen molar-refractivity contribution in [2.45, 2.75) is 5.92 Å². The molecule has 0 radical (unpaired) electrons. The lowest BCUT2D eigenvalue weighted by molar-refractivity contribution is 0.415. The fraction of sp³-hybridized carbons (Fsp3) is 0.0833. The second kappa shape index (κ2) is 6.36. The van der Waals surface area contributed by atoms with Crippen molar-refractivity contribution in [2.24, 2.45) is 0 Å². The van der Waals surface area contributed by atoms with Crippen LogP contribution in [-0.2, 0) is 0 Å². The molecular weight excluding hydrogens is 332 g/mol. The average molecular weight is 352 g/mol. The molecule has 27 heavy (non-hydrogen) atoms. The van der Waals surface area contributed by atoms with Gasteiger partial charge in [-0.05, 0) is 41.0 Å². The van der Waals surface area contributed by atoms with Crippen LogP contribution in [0.4, 0.5) is 0 Å². The van der Waals surface area contributed by atoms with Gasteiger partial charge in [0.15, 0.2) is 0 Å². The molecule has 1 atom stereocenters. The topological polar surface area (TPSA) is 40.8 Å². The quantitative estimate of drug-likeness (QED) is 0.419. The summed E-state index contributed by atoms with van der Waals surface area (Å²) in [6.07, 6.45) is 4.27. The third-order valence-electron chi connectivity index (χ3n) is 5.30. The maximum atomic E-state index is 5.47. The van der Waals surface area contributed by atoms with E-state index in [-0.39, 0.29) is 5.92 Å². The Morgan fingerprint density at radius 2 is 1.37 bits per heavy atom. The van der Waals surface area contributed by atoms with Gasteiger partial charge in [-0.3, -0.25) is 0 Å². The monoisotopic (exact) mass is 352 g/mol. The third kappa shape index (κ3) is 2.59. The summed E-state index contributed by atoms with van der Waals surface area (Å²) in [7, 11) is 1.71. The van der Waals surface area contributed by atoms with Crippen LogP contribution in [0.15, 0.2) is 85.2 Å². The van der Waals surface area contributed by atoms with Crippen LogP contribution in [0.3, 0.4) is 0 Å². The van der Waals surface area contributed by atoms with Gasteiger partial charge >= 0.3 is 0 Å². The average Bonchev–Trinajstić information content (AvgIpc) is 3.34. The Morgan fingerprint density at radius 3 is 2.15 bits per heavy atom. The van der Waals surface area contributed by atoms with Crippen molar-refractivity contribution in [3.63, 3.8) is 0 Å². The fourth-order valence-electron chi connectivity index (χ4n) is 3.99. The summed E-state index contributed by atoms with van der Waals surface area (Å²) in [5.74, 6) is 0.997. The predicted molar refractivity (Wildman–Crippen MR) is 111 cm³/mol. The van der Waals surface area contributed by atoms with E-state index in [9.17, 15) is 0 Å². The molecule has 0 fully saturated rings. The molecule has 132 valence electrons. The molecule has 3 heteroatoms. The number of benzene rings is 3. The Bertz CT molecular complexity index is 1220. The number of H-pyrrole nitrogens is 2. The minimum absolute atomic E-state index is 0.128. The summed E-state index contributed by atoms with van der Waals surface area (Å²) < 4.78 is 5.47. The lowest BCUT2D eigenvalue weighted by atomic mass is 9.85. The molecule has 0 saturated carbocycles. The van der Waals surface area contributed by atoms with Crippen LogP contribution >= 0.6 is 0 Å². The molecule has 0 aliphatic heterocycles. The van der Waals surface area contributed by atoms with Crippen molar-refractivity contribution < 1.29 is 4.74 Å². The number of methoxy groups -OCH3 is 1. The molecule has 1 unspecified atom stereocenters. The smallest absolute Gasteiger partial charge is 0.119 e. The Balaban J connectivity index is 1.79. The molecule has 3 nitrogen and oxygen atoms in total. The van der Waals surface area contributed by atoms with Crippen LogP contribution in [0.5, 0.6) is 5.75 Å². The molecule has 0 aliphatic carbocycles. The van der Waals surface area contributed by atoms with Gasteiger partial charge in [0, 0.05) is 40.1 Å². The van der Waals surface area contributed by atoms with E-state index in [2.05, 4.69) is 89.1 Å². The number of ether oxygens (including phenoxy) is 1. The van der Waals surface area contributed by atoms with Crippen molar-refractivity contribution in [1.29, 1.82) is 0 Å². The molecule has 5 rings (SSSR count). The van der Waals surface area contributed by atoms with E-state index in [4.69, 9.17) is 4.74 Å². The number of aromatic amines is 2. The van der Waals surface area contributed by atoms with Crippen LogP contribution in [0.25, 0.3) is 21.8 Å². The summed E-state index contributed by atoms with van der Waals surface area (Å²) in [6.45, 7) is 0. The maximum absolute atomic E-state index is 5.47. The second-order valence-corrected chi connectivity index (χ2v) is 6.79. The predicted octanol–water partition coefficient (Wildman–Crippen LogP) is 5.84. The minimum Gasteiger partial charge on any atom is -0.497 e. The largest absolute Gasteiger partial charge is 0.497 e. The van der Waals surface area contributed by atoms with Gasteiger partial charge in [0.25, 0.3) is 0 Å². The van der Waals surface area contributed by atoms with Crippen LogP contribution in [0, 0.1) is 0 Å². The SMILES string of the molecule is COc1ccc2[nH]cc(C(c3ccccc3)c3c[nH]c4ccccc34)c2c1. The molecule has 0 amide bonds. The first-order chi connectivity index (χ1) is 13.3. The summed E-state index contributed by atoms with van der Waals surface area (Å²) in [4.78, 5) is 6.87. The highest BCUT2D eigenvalue weighted by Crippen LogP contribution is 2.39. The van der Waals surface area contributed by atoms with E-state index in [1.807, 2.05) is 6.07 Å². The lowest BCUT2D eigenvalue weighted by Gasteiger charge is -2.17. The highest BCUT2D eigenvalue weighted by Gasteiger charge is 2.23. The van der Waals surface area contributed by atoms with Crippen LogP contribution in [-0.4, -0.2) is 17.1 Å². The zero-order chi connectivity index (χ0) is 18.2. The number of fused-ring (bicyclic) bond motifs is 2. The summed E-state index contributed by atoms with van der Waals surface area (Å²) in [5, 5.41) is 2.44. The summed E-state index contributed by atoms with van der Waals surface area (Å²) in [5.41, 5.74) is 6.07. The third-order valence-corrected chi connectivity index (χ3v) is 5.30. The van der Waals surface area contributed by atoms with Crippen molar-refractivity contribution in [3.05, 3.63) is 102 Å². The Labute approximate surface area is 157 Å². The summed E-state index contributed by atoms with van der Waals surface area (Å²) >= 11 is 0. The van der Waals surface area contributed by atoms with Crippen molar-refractivity contribution in [1.82, 2.24) is 9.97 Å². The molecule has 3 aromatic carbocycles. The van der Waals surface area contributed by atoms with E-state index in [0.29, 0.717) is 0 Å². The molecule has 0 bridgehead atoms. The minimum atomic E-state index is 0.128. The molecule has 2 N–H and O–H groups in total. The normalized spacial score (nSPS) is 12.5. The Kier molecular flexibility index (Phi) is 3.72. The van der Waals surface area contributed by atoms with E-state index in [1.165, 1.54) is 27.5 Å². The highest BCUT2D eigenvalue weighted by atomic mass is 16.5. The number of rotatable bonds is 4. The molecule has 0 aliphatic rings. The number of hydrogen-bond acceptors (Lipinski definition) is 1. The maximum Gasteiger partial charge on any atom is 0.119 e. The first-order valence-electron chi connectivity index (χ1n) is 9.11. The van der Waals surface area contributed by atoms with Crippen molar-refractivity contribution in [3.8, 4) is 5.75 Å². The van der Waals surface area contributed by atoms with E-state index in [0.717, 1.165) is 16.8 Å². The van der Waals surface area contributed by atoms with Gasteiger partial charge < -0.3 is 14.7 Å². The van der Waals surface area contributed by atoms with Crippen LogP contribution in [0.1, 0.15) is 22.6 Å².